The summed E-state index contributed by atoms with van der Waals surface area (Å²) in [6, 6.07) is 20.3. The summed E-state index contributed by atoms with van der Waals surface area (Å²) in [5.74, 6) is 0.387. The first-order valence-corrected chi connectivity index (χ1v) is 12.6. The molecule has 4 aliphatic carbocycles. The lowest BCUT2D eigenvalue weighted by molar-refractivity contribution is 0.764. The van der Waals surface area contributed by atoms with Crippen LogP contribution in [0.5, 0.6) is 0 Å². The lowest BCUT2D eigenvalue weighted by Crippen LogP contribution is -2.14. The van der Waals surface area contributed by atoms with Gasteiger partial charge >= 0.3 is 0 Å². The molecule has 0 spiro atoms. The fraction of sp³-hybridized carbons (Fsp3) is 0.147. The Kier molecular flexibility index (Phi) is 4.70. The molecule has 3 aromatic rings. The Morgan fingerprint density at radius 2 is 1.74 bits per heavy atom. The Morgan fingerprint density at radius 1 is 0.829 bits per heavy atom. The number of fused-ring (bicyclic) bond motifs is 5. The van der Waals surface area contributed by atoms with Gasteiger partial charge in [0.2, 0.25) is 0 Å². The molecule has 4 aliphatic rings. The molecular formula is C34H27N. The molecule has 1 N–H and O–H groups in total. The summed E-state index contributed by atoms with van der Waals surface area (Å²) >= 11 is 0. The van der Waals surface area contributed by atoms with Crippen molar-refractivity contribution in [1.82, 2.24) is 0 Å². The molecule has 0 aliphatic heterocycles. The lowest BCUT2D eigenvalue weighted by Gasteiger charge is -2.23. The number of nitrogens with one attached hydrogen (secondary N) is 1. The highest BCUT2D eigenvalue weighted by atomic mass is 14.5. The van der Waals surface area contributed by atoms with Gasteiger partial charge in [0.25, 0.3) is 0 Å². The van der Waals surface area contributed by atoms with Gasteiger partial charge in [-0.3, -0.25) is 5.41 Å². The molecule has 3 aromatic carbocycles. The van der Waals surface area contributed by atoms with Crippen LogP contribution >= 0.6 is 0 Å². The third kappa shape index (κ3) is 3.42. The van der Waals surface area contributed by atoms with Crippen molar-refractivity contribution in [2.75, 3.05) is 0 Å². The van der Waals surface area contributed by atoms with E-state index in [1.165, 1.54) is 50.1 Å². The number of rotatable bonds is 3. The molecule has 1 heteroatoms. The lowest BCUT2D eigenvalue weighted by atomic mass is 9.81. The maximum Gasteiger partial charge on any atom is 0.0650 e. The average Bonchev–Trinajstić information content (AvgIpc) is 3.30. The van der Waals surface area contributed by atoms with Crippen LogP contribution in [-0.2, 0) is 12.8 Å². The quantitative estimate of drug-likeness (QED) is 0.304. The minimum absolute atomic E-state index is 0.387. The molecule has 0 heterocycles. The van der Waals surface area contributed by atoms with Crippen LogP contribution in [0.1, 0.15) is 40.7 Å². The van der Waals surface area contributed by atoms with E-state index >= 15 is 0 Å². The number of allylic oxidation sites excluding steroid dienone is 9. The molecule has 168 valence electrons. The summed E-state index contributed by atoms with van der Waals surface area (Å²) in [4.78, 5) is 0. The van der Waals surface area contributed by atoms with Crippen molar-refractivity contribution in [3.8, 4) is 22.3 Å². The highest BCUT2D eigenvalue weighted by molar-refractivity contribution is 6.15. The second-order valence-electron chi connectivity index (χ2n) is 10.0. The van der Waals surface area contributed by atoms with Crippen LogP contribution in [0.4, 0.5) is 0 Å². The third-order valence-corrected chi connectivity index (χ3v) is 7.94. The van der Waals surface area contributed by atoms with Gasteiger partial charge in [-0.1, -0.05) is 97.1 Å². The minimum Gasteiger partial charge on any atom is -0.300 e. The number of benzene rings is 3. The van der Waals surface area contributed by atoms with Crippen LogP contribution in [0.2, 0.25) is 0 Å². The zero-order chi connectivity index (χ0) is 23.4. The fourth-order valence-electron chi connectivity index (χ4n) is 6.07. The maximum atomic E-state index is 9.16. The molecule has 0 fully saturated rings. The Bertz CT molecular complexity index is 1550. The van der Waals surface area contributed by atoms with Gasteiger partial charge in [-0.2, -0.15) is 0 Å². The van der Waals surface area contributed by atoms with Crippen LogP contribution < -0.4 is 0 Å². The van der Waals surface area contributed by atoms with Crippen LogP contribution in [0.25, 0.3) is 28.3 Å². The topological polar surface area (TPSA) is 23.9 Å². The zero-order valence-electron chi connectivity index (χ0n) is 19.7. The van der Waals surface area contributed by atoms with Gasteiger partial charge in [0, 0.05) is 11.5 Å². The molecule has 35 heavy (non-hydrogen) atoms. The largest absolute Gasteiger partial charge is 0.300 e. The Labute approximate surface area is 207 Å². The van der Waals surface area contributed by atoms with Crippen molar-refractivity contribution in [2.24, 2.45) is 5.92 Å². The van der Waals surface area contributed by atoms with Gasteiger partial charge in [0.15, 0.2) is 0 Å². The number of hydrogen-bond donors (Lipinski definition) is 1. The normalized spacial score (nSPS) is 18.8. The molecule has 0 saturated carbocycles. The van der Waals surface area contributed by atoms with E-state index in [0.717, 1.165) is 36.8 Å². The summed E-state index contributed by atoms with van der Waals surface area (Å²) in [5, 5.41) is 9.16. The predicted molar refractivity (Wildman–Crippen MR) is 147 cm³/mol. The van der Waals surface area contributed by atoms with Gasteiger partial charge < -0.3 is 0 Å². The average molecular weight is 450 g/mol. The van der Waals surface area contributed by atoms with E-state index in [9.17, 15) is 0 Å². The first-order chi connectivity index (χ1) is 17.2. The first-order valence-electron chi connectivity index (χ1n) is 12.6. The van der Waals surface area contributed by atoms with Gasteiger partial charge in [-0.05, 0) is 87.4 Å². The number of hydrogen-bond acceptors (Lipinski definition) is 1. The van der Waals surface area contributed by atoms with E-state index in [2.05, 4.69) is 103 Å². The van der Waals surface area contributed by atoms with E-state index < -0.39 is 0 Å². The SMILES string of the molecule is N=C(C1=CC=C2C=CC=CC2C1)c1cccc2c1-c1ccc(-c3ccc4c(c3)C=CCC4)cc1C2. The van der Waals surface area contributed by atoms with E-state index in [1.807, 2.05) is 0 Å². The molecule has 7 rings (SSSR count). The summed E-state index contributed by atoms with van der Waals surface area (Å²) in [6.07, 6.45) is 21.7. The highest BCUT2D eigenvalue weighted by Crippen LogP contribution is 2.42. The van der Waals surface area contributed by atoms with Gasteiger partial charge in [0.1, 0.15) is 0 Å². The van der Waals surface area contributed by atoms with Crippen molar-refractivity contribution >= 4 is 11.8 Å². The van der Waals surface area contributed by atoms with Crippen molar-refractivity contribution < 1.29 is 0 Å². The molecule has 1 nitrogen and oxygen atoms in total. The second-order valence-corrected chi connectivity index (χ2v) is 10.0. The van der Waals surface area contributed by atoms with Crippen molar-refractivity contribution in [2.45, 2.75) is 25.7 Å². The van der Waals surface area contributed by atoms with Gasteiger partial charge in [-0.25, -0.2) is 0 Å². The minimum atomic E-state index is 0.387. The molecule has 1 unspecified atom stereocenters. The summed E-state index contributed by atoms with van der Waals surface area (Å²) in [6.45, 7) is 0. The van der Waals surface area contributed by atoms with E-state index in [-0.39, 0.29) is 0 Å². The fourth-order valence-corrected chi connectivity index (χ4v) is 6.07. The van der Waals surface area contributed by atoms with Crippen LogP contribution in [0.3, 0.4) is 0 Å². The van der Waals surface area contributed by atoms with E-state index in [4.69, 9.17) is 5.41 Å². The Morgan fingerprint density at radius 3 is 2.71 bits per heavy atom. The van der Waals surface area contributed by atoms with Crippen molar-refractivity contribution in [1.29, 1.82) is 5.41 Å². The Hall–Kier alpha value is -3.97. The van der Waals surface area contributed by atoms with Crippen LogP contribution in [0, 0.1) is 11.3 Å². The smallest absolute Gasteiger partial charge is 0.0650 e. The monoisotopic (exact) mass is 449 g/mol. The molecule has 1 atom stereocenters. The molecule has 0 bridgehead atoms. The molecular weight excluding hydrogens is 422 g/mol. The second kappa shape index (κ2) is 8.06. The molecule has 0 amide bonds. The van der Waals surface area contributed by atoms with E-state index in [1.54, 1.807) is 0 Å². The standard InChI is InChI=1S/C34H27N/c35-34(29-15-13-23-7-2-4-9-25(23)19-29)32-11-5-10-28-21-30-20-27(16-17-31(30)33(28)32)26-14-12-22-6-1-3-8-24(22)18-26/h2-5,7-18,20,25,35H,1,6,19,21H2. The Balaban J connectivity index is 1.25. The van der Waals surface area contributed by atoms with Gasteiger partial charge in [0.05, 0.1) is 5.71 Å². The van der Waals surface area contributed by atoms with Gasteiger partial charge in [-0.15, -0.1) is 0 Å². The van der Waals surface area contributed by atoms with Crippen LogP contribution in [0.15, 0.2) is 108 Å². The summed E-state index contributed by atoms with van der Waals surface area (Å²) in [5.41, 5.74) is 14.8. The predicted octanol–water partition coefficient (Wildman–Crippen LogP) is 8.25. The summed E-state index contributed by atoms with van der Waals surface area (Å²) < 4.78 is 0. The maximum absolute atomic E-state index is 9.16. The number of aryl methyl sites for hydroxylation is 1. The van der Waals surface area contributed by atoms with Crippen LogP contribution in [-0.4, -0.2) is 5.71 Å². The third-order valence-electron chi connectivity index (χ3n) is 7.94. The first kappa shape index (κ1) is 20.4. The van der Waals surface area contributed by atoms with Crippen molar-refractivity contribution in [3.63, 3.8) is 0 Å². The zero-order valence-corrected chi connectivity index (χ0v) is 19.7. The molecule has 0 radical (unpaired) electrons. The summed E-state index contributed by atoms with van der Waals surface area (Å²) in [7, 11) is 0. The molecule has 0 saturated heterocycles. The molecule has 0 aromatic heterocycles. The van der Waals surface area contributed by atoms with Crippen molar-refractivity contribution in [3.05, 3.63) is 136 Å². The van der Waals surface area contributed by atoms with E-state index in [0.29, 0.717) is 11.6 Å². The highest BCUT2D eigenvalue weighted by Gasteiger charge is 2.26.